The van der Waals surface area contributed by atoms with Gasteiger partial charge < -0.3 is 10.5 Å². The van der Waals surface area contributed by atoms with Crippen LogP contribution < -0.4 is 10.5 Å². The fourth-order valence-corrected chi connectivity index (χ4v) is 3.44. The van der Waals surface area contributed by atoms with Crippen LogP contribution in [-0.2, 0) is 9.84 Å². The van der Waals surface area contributed by atoms with Gasteiger partial charge in [0.2, 0.25) is 0 Å². The van der Waals surface area contributed by atoms with Gasteiger partial charge in [0.05, 0.1) is 12.4 Å². The number of hydrogen-bond donors (Lipinski definition) is 1. The summed E-state index contributed by atoms with van der Waals surface area (Å²) in [6, 6.07) is 5.44. The number of rotatable bonds is 6. The van der Waals surface area contributed by atoms with Crippen LogP contribution in [0.3, 0.4) is 0 Å². The molecule has 17 heavy (non-hydrogen) atoms. The molecule has 1 aromatic carbocycles. The molecular weight excluding hydrogens is 258 g/mol. The summed E-state index contributed by atoms with van der Waals surface area (Å²) in [5.74, 6) is 1.40. The van der Waals surface area contributed by atoms with Gasteiger partial charge in [0.25, 0.3) is 0 Å². The molecule has 0 radical (unpaired) electrons. The molecule has 1 aromatic rings. The predicted molar refractivity (Wildman–Crippen MR) is 72.5 cm³/mol. The quantitative estimate of drug-likeness (QED) is 0.633. The average Bonchev–Trinajstić information content (AvgIpc) is 2.15. The Labute approximate surface area is 106 Å². The molecule has 2 N–H and O–H groups in total. The smallest absolute Gasteiger partial charge is 0.148 e. The van der Waals surface area contributed by atoms with Crippen LogP contribution in [0.2, 0.25) is 0 Å². The minimum Gasteiger partial charge on any atom is -0.494 e. The first-order valence-corrected chi connectivity index (χ1v) is 8.29. The standard InChI is InChI=1S/C11H17NO3S2/c1-3-15-10-6-9(12)7-11(8-10)16-4-5-17(2,13)14/h6-8H,3-5,12H2,1-2H3. The molecule has 0 amide bonds. The summed E-state index contributed by atoms with van der Waals surface area (Å²) in [6.07, 6.45) is 1.23. The Balaban J connectivity index is 2.64. The number of anilines is 1. The molecule has 0 bridgehead atoms. The van der Waals surface area contributed by atoms with E-state index in [1.54, 1.807) is 6.07 Å². The molecule has 0 aliphatic rings. The van der Waals surface area contributed by atoms with Crippen molar-refractivity contribution in [1.29, 1.82) is 0 Å². The first-order chi connectivity index (χ1) is 7.90. The first kappa shape index (κ1) is 14.2. The molecule has 0 aromatic heterocycles. The van der Waals surface area contributed by atoms with Crippen molar-refractivity contribution in [3.63, 3.8) is 0 Å². The largest absolute Gasteiger partial charge is 0.494 e. The summed E-state index contributed by atoms with van der Waals surface area (Å²) >= 11 is 1.46. The molecular formula is C11H17NO3S2. The molecule has 0 aliphatic heterocycles. The Morgan fingerprint density at radius 2 is 2.06 bits per heavy atom. The highest BCUT2D eigenvalue weighted by Gasteiger charge is 2.04. The Hall–Kier alpha value is -0.880. The Bertz CT molecular complexity index is 472. The van der Waals surface area contributed by atoms with E-state index in [2.05, 4.69) is 0 Å². The van der Waals surface area contributed by atoms with Crippen molar-refractivity contribution in [2.75, 3.05) is 30.1 Å². The highest BCUT2D eigenvalue weighted by Crippen LogP contribution is 2.26. The lowest BCUT2D eigenvalue weighted by Gasteiger charge is -2.07. The molecule has 96 valence electrons. The van der Waals surface area contributed by atoms with Crippen molar-refractivity contribution in [3.8, 4) is 5.75 Å². The van der Waals surface area contributed by atoms with Gasteiger partial charge >= 0.3 is 0 Å². The summed E-state index contributed by atoms with van der Waals surface area (Å²) in [4.78, 5) is 0.928. The van der Waals surface area contributed by atoms with Gasteiger partial charge in [-0.15, -0.1) is 11.8 Å². The highest BCUT2D eigenvalue weighted by molar-refractivity contribution is 8.00. The van der Waals surface area contributed by atoms with Crippen molar-refractivity contribution >= 4 is 27.3 Å². The van der Waals surface area contributed by atoms with E-state index >= 15 is 0 Å². The monoisotopic (exact) mass is 275 g/mol. The average molecular weight is 275 g/mol. The van der Waals surface area contributed by atoms with Crippen molar-refractivity contribution in [1.82, 2.24) is 0 Å². The van der Waals surface area contributed by atoms with Crippen molar-refractivity contribution < 1.29 is 13.2 Å². The lowest BCUT2D eigenvalue weighted by Crippen LogP contribution is -2.05. The molecule has 4 nitrogen and oxygen atoms in total. The molecule has 0 saturated heterocycles. The van der Waals surface area contributed by atoms with E-state index < -0.39 is 9.84 Å². The maximum absolute atomic E-state index is 11.0. The molecule has 0 unspecified atom stereocenters. The van der Waals surface area contributed by atoms with E-state index in [-0.39, 0.29) is 5.75 Å². The third kappa shape index (κ3) is 5.83. The number of ether oxygens (including phenoxy) is 1. The second-order valence-corrected chi connectivity index (χ2v) is 7.08. The number of thioether (sulfide) groups is 1. The van der Waals surface area contributed by atoms with Crippen LogP contribution in [0.1, 0.15) is 6.92 Å². The van der Waals surface area contributed by atoms with Crippen LogP contribution in [0.4, 0.5) is 5.69 Å². The first-order valence-electron chi connectivity index (χ1n) is 5.24. The number of nitrogens with two attached hydrogens (primary N) is 1. The van der Waals surface area contributed by atoms with Gasteiger partial charge in [0.15, 0.2) is 0 Å². The van der Waals surface area contributed by atoms with Crippen LogP contribution >= 0.6 is 11.8 Å². The summed E-state index contributed by atoms with van der Waals surface area (Å²) < 4.78 is 27.4. The van der Waals surface area contributed by atoms with Crippen LogP contribution in [0.5, 0.6) is 5.75 Å². The Kier molecular flexibility index (Phi) is 5.14. The fraction of sp³-hybridized carbons (Fsp3) is 0.455. The number of benzene rings is 1. The molecule has 0 spiro atoms. The Morgan fingerprint density at radius 3 is 2.65 bits per heavy atom. The van der Waals surface area contributed by atoms with Gasteiger partial charge in [0, 0.05) is 28.7 Å². The zero-order valence-corrected chi connectivity index (χ0v) is 11.6. The topological polar surface area (TPSA) is 69.4 Å². The zero-order valence-electron chi connectivity index (χ0n) is 9.97. The normalized spacial score (nSPS) is 11.4. The van der Waals surface area contributed by atoms with E-state index in [4.69, 9.17) is 10.5 Å². The maximum Gasteiger partial charge on any atom is 0.148 e. The van der Waals surface area contributed by atoms with Gasteiger partial charge in [-0.05, 0) is 19.1 Å². The SMILES string of the molecule is CCOc1cc(N)cc(SCCS(C)(=O)=O)c1. The number of hydrogen-bond acceptors (Lipinski definition) is 5. The van der Waals surface area contributed by atoms with E-state index in [1.807, 2.05) is 19.1 Å². The third-order valence-electron chi connectivity index (χ3n) is 1.94. The number of sulfone groups is 1. The molecule has 0 atom stereocenters. The maximum atomic E-state index is 11.0. The molecule has 0 heterocycles. The Morgan fingerprint density at radius 1 is 1.35 bits per heavy atom. The van der Waals surface area contributed by atoms with Crippen molar-refractivity contribution in [2.45, 2.75) is 11.8 Å². The van der Waals surface area contributed by atoms with Crippen molar-refractivity contribution in [3.05, 3.63) is 18.2 Å². The highest BCUT2D eigenvalue weighted by atomic mass is 32.2. The van der Waals surface area contributed by atoms with Gasteiger partial charge in [-0.2, -0.15) is 0 Å². The minimum absolute atomic E-state index is 0.163. The van der Waals surface area contributed by atoms with E-state index in [0.717, 1.165) is 4.90 Å². The van der Waals surface area contributed by atoms with Gasteiger partial charge in [-0.1, -0.05) is 0 Å². The van der Waals surface area contributed by atoms with E-state index in [0.29, 0.717) is 23.8 Å². The molecule has 0 fully saturated rings. The third-order valence-corrected chi connectivity index (χ3v) is 4.12. The summed E-state index contributed by atoms with van der Waals surface area (Å²) in [5, 5.41) is 0. The fourth-order valence-electron chi connectivity index (χ4n) is 1.24. The second-order valence-electron chi connectivity index (χ2n) is 3.65. The van der Waals surface area contributed by atoms with E-state index in [9.17, 15) is 8.42 Å². The lowest BCUT2D eigenvalue weighted by atomic mass is 10.3. The number of nitrogen functional groups attached to an aromatic ring is 1. The summed E-state index contributed by atoms with van der Waals surface area (Å²) in [7, 11) is -2.91. The summed E-state index contributed by atoms with van der Waals surface area (Å²) in [5.41, 5.74) is 6.36. The zero-order chi connectivity index (χ0) is 12.9. The van der Waals surface area contributed by atoms with Gasteiger partial charge in [0.1, 0.15) is 15.6 Å². The lowest BCUT2D eigenvalue weighted by molar-refractivity contribution is 0.339. The molecule has 1 rings (SSSR count). The van der Waals surface area contributed by atoms with Gasteiger partial charge in [-0.25, -0.2) is 8.42 Å². The predicted octanol–water partition coefficient (Wildman–Crippen LogP) is 1.80. The minimum atomic E-state index is -2.91. The van der Waals surface area contributed by atoms with Crippen LogP contribution in [-0.4, -0.2) is 32.8 Å². The summed E-state index contributed by atoms with van der Waals surface area (Å²) in [6.45, 7) is 2.48. The van der Waals surface area contributed by atoms with E-state index in [1.165, 1.54) is 18.0 Å². The molecule has 0 saturated carbocycles. The van der Waals surface area contributed by atoms with Gasteiger partial charge in [-0.3, -0.25) is 0 Å². The van der Waals surface area contributed by atoms with Crippen LogP contribution in [0.25, 0.3) is 0 Å². The van der Waals surface area contributed by atoms with Crippen LogP contribution in [0.15, 0.2) is 23.1 Å². The second kappa shape index (κ2) is 6.16. The van der Waals surface area contributed by atoms with Crippen molar-refractivity contribution in [2.24, 2.45) is 0 Å². The van der Waals surface area contributed by atoms with Crippen LogP contribution in [0, 0.1) is 0 Å². The molecule has 0 aliphatic carbocycles. The molecule has 6 heteroatoms.